The summed E-state index contributed by atoms with van der Waals surface area (Å²) in [6, 6.07) is 4.49. The van der Waals surface area contributed by atoms with E-state index in [1.165, 1.54) is 4.31 Å². The first-order valence-electron chi connectivity index (χ1n) is 9.58. The number of ether oxygens (including phenoxy) is 1. The molecule has 0 radical (unpaired) electrons. The van der Waals surface area contributed by atoms with E-state index in [4.69, 9.17) is 4.74 Å². The molecule has 1 fully saturated rings. The van der Waals surface area contributed by atoms with Gasteiger partial charge < -0.3 is 9.64 Å². The molecule has 1 aliphatic heterocycles. The molecule has 8 heteroatoms. The van der Waals surface area contributed by atoms with E-state index in [1.54, 1.807) is 30.9 Å². The summed E-state index contributed by atoms with van der Waals surface area (Å²) in [6.07, 6.45) is 2.17. The second kappa shape index (κ2) is 8.94. The number of hydrogen-bond donors (Lipinski definition) is 0. The number of piperidine rings is 1. The lowest BCUT2D eigenvalue weighted by Gasteiger charge is -2.36. The van der Waals surface area contributed by atoms with Gasteiger partial charge in [0.05, 0.1) is 24.5 Å². The molecule has 1 aromatic rings. The molecule has 1 amide bonds. The Labute approximate surface area is 167 Å². The highest BCUT2D eigenvalue weighted by Gasteiger charge is 2.35. The second-order valence-electron chi connectivity index (χ2n) is 7.35. The van der Waals surface area contributed by atoms with E-state index >= 15 is 0 Å². The Hall–Kier alpha value is -2.09. The first-order chi connectivity index (χ1) is 13.1. The Bertz CT molecular complexity index is 829. The van der Waals surface area contributed by atoms with Crippen LogP contribution in [0.15, 0.2) is 18.2 Å². The lowest BCUT2D eigenvalue weighted by Crippen LogP contribution is -2.51. The standard InChI is InChI=1S/C20H30N2O5S/c1-6-27-20(24)17-9-11-21(12-10-17)19(23)16(4)22(28(5,25)26)18-8-7-14(2)15(3)13-18/h7-8,13,16-17H,6,9-12H2,1-5H3/t16-/m1/s1. The molecule has 0 aliphatic carbocycles. The number of amides is 1. The lowest BCUT2D eigenvalue weighted by atomic mass is 9.96. The van der Waals surface area contributed by atoms with Crippen molar-refractivity contribution in [2.24, 2.45) is 5.92 Å². The minimum absolute atomic E-state index is 0.204. The largest absolute Gasteiger partial charge is 0.466 e. The van der Waals surface area contributed by atoms with Crippen LogP contribution in [0.3, 0.4) is 0 Å². The van der Waals surface area contributed by atoms with Gasteiger partial charge in [-0.1, -0.05) is 6.07 Å². The van der Waals surface area contributed by atoms with Crippen LogP contribution in [0.1, 0.15) is 37.8 Å². The fourth-order valence-electron chi connectivity index (χ4n) is 3.53. The third kappa shape index (κ3) is 5.04. The molecule has 156 valence electrons. The number of nitrogens with zero attached hydrogens (tertiary/aromatic N) is 2. The van der Waals surface area contributed by atoms with E-state index in [9.17, 15) is 18.0 Å². The van der Waals surface area contributed by atoms with Crippen LogP contribution in [-0.2, 0) is 24.3 Å². The molecule has 1 atom stereocenters. The Morgan fingerprint density at radius 2 is 1.82 bits per heavy atom. The van der Waals surface area contributed by atoms with Gasteiger partial charge in [-0.2, -0.15) is 0 Å². The van der Waals surface area contributed by atoms with E-state index in [1.807, 2.05) is 19.9 Å². The number of aryl methyl sites for hydroxylation is 2. The van der Waals surface area contributed by atoms with Crippen LogP contribution >= 0.6 is 0 Å². The lowest BCUT2D eigenvalue weighted by molar-refractivity contribution is -0.151. The minimum atomic E-state index is -3.65. The van der Waals surface area contributed by atoms with Crippen LogP contribution in [0, 0.1) is 19.8 Å². The van der Waals surface area contributed by atoms with Gasteiger partial charge in [-0.15, -0.1) is 0 Å². The third-order valence-electron chi connectivity index (χ3n) is 5.24. The predicted molar refractivity (Wildman–Crippen MR) is 109 cm³/mol. The highest BCUT2D eigenvalue weighted by molar-refractivity contribution is 7.92. The van der Waals surface area contributed by atoms with Gasteiger partial charge in [0.1, 0.15) is 6.04 Å². The predicted octanol–water partition coefficient (Wildman–Crippen LogP) is 2.26. The van der Waals surface area contributed by atoms with Crippen LogP contribution in [0.25, 0.3) is 0 Å². The van der Waals surface area contributed by atoms with Gasteiger partial charge in [-0.05, 0) is 63.8 Å². The number of carbonyl (C=O) groups excluding carboxylic acids is 2. The van der Waals surface area contributed by atoms with Gasteiger partial charge in [0.15, 0.2) is 0 Å². The number of sulfonamides is 1. The van der Waals surface area contributed by atoms with E-state index in [0.29, 0.717) is 38.2 Å². The van der Waals surface area contributed by atoms with Crippen molar-refractivity contribution in [3.8, 4) is 0 Å². The molecule has 0 N–H and O–H groups in total. The van der Waals surface area contributed by atoms with E-state index in [0.717, 1.165) is 17.4 Å². The molecule has 2 rings (SSSR count). The van der Waals surface area contributed by atoms with Crippen LogP contribution in [0.5, 0.6) is 0 Å². The molecule has 0 saturated carbocycles. The quantitative estimate of drug-likeness (QED) is 0.672. The normalized spacial score (nSPS) is 16.5. The summed E-state index contributed by atoms with van der Waals surface area (Å²) in [5, 5.41) is 0. The number of esters is 1. The highest BCUT2D eigenvalue weighted by atomic mass is 32.2. The first kappa shape index (κ1) is 22.2. The monoisotopic (exact) mass is 410 g/mol. The summed E-state index contributed by atoms with van der Waals surface area (Å²) < 4.78 is 31.2. The summed E-state index contributed by atoms with van der Waals surface area (Å²) in [4.78, 5) is 26.5. The van der Waals surface area contributed by atoms with Gasteiger partial charge in [-0.3, -0.25) is 13.9 Å². The summed E-state index contributed by atoms with van der Waals surface area (Å²) in [6.45, 7) is 8.40. The Kier molecular flexibility index (Phi) is 7.09. The van der Waals surface area contributed by atoms with E-state index in [-0.39, 0.29) is 17.8 Å². The first-order valence-corrected chi connectivity index (χ1v) is 11.4. The summed E-state index contributed by atoms with van der Waals surface area (Å²) in [5.74, 6) is -0.688. The van der Waals surface area contributed by atoms with E-state index in [2.05, 4.69) is 0 Å². The van der Waals surface area contributed by atoms with Crippen LogP contribution < -0.4 is 4.31 Å². The molecule has 1 aliphatic rings. The number of benzene rings is 1. The van der Waals surface area contributed by atoms with Gasteiger partial charge >= 0.3 is 5.97 Å². The average Bonchev–Trinajstić information content (AvgIpc) is 2.63. The Balaban J connectivity index is 2.17. The molecule has 1 aromatic carbocycles. The van der Waals surface area contributed by atoms with Gasteiger partial charge in [-0.25, -0.2) is 8.42 Å². The maximum Gasteiger partial charge on any atom is 0.309 e. The molecule has 0 spiro atoms. The molecule has 0 aromatic heterocycles. The van der Waals surface area contributed by atoms with Crippen molar-refractivity contribution in [3.05, 3.63) is 29.3 Å². The summed E-state index contributed by atoms with van der Waals surface area (Å²) >= 11 is 0. The van der Waals surface area contributed by atoms with Gasteiger partial charge in [0, 0.05) is 13.1 Å². The maximum atomic E-state index is 13.0. The molecule has 0 unspecified atom stereocenters. The van der Waals surface area contributed by atoms with Crippen molar-refractivity contribution in [2.75, 3.05) is 30.3 Å². The average molecular weight is 411 g/mol. The minimum Gasteiger partial charge on any atom is -0.466 e. The number of carbonyl (C=O) groups is 2. The van der Waals surface area contributed by atoms with Crippen LogP contribution in [0.2, 0.25) is 0 Å². The fourth-order valence-corrected chi connectivity index (χ4v) is 4.69. The number of hydrogen-bond acceptors (Lipinski definition) is 5. The summed E-state index contributed by atoms with van der Waals surface area (Å²) in [7, 11) is -3.65. The highest BCUT2D eigenvalue weighted by Crippen LogP contribution is 2.26. The molecular formula is C20H30N2O5S. The molecule has 28 heavy (non-hydrogen) atoms. The molecular weight excluding hydrogens is 380 g/mol. The zero-order chi connectivity index (χ0) is 21.1. The van der Waals surface area contributed by atoms with Crippen molar-refractivity contribution in [1.29, 1.82) is 0 Å². The second-order valence-corrected chi connectivity index (χ2v) is 9.21. The Morgan fingerprint density at radius 3 is 2.32 bits per heavy atom. The third-order valence-corrected chi connectivity index (χ3v) is 6.48. The Morgan fingerprint density at radius 1 is 1.21 bits per heavy atom. The van der Waals surface area contributed by atoms with Crippen LogP contribution in [0.4, 0.5) is 5.69 Å². The maximum absolute atomic E-state index is 13.0. The summed E-state index contributed by atoms with van der Waals surface area (Å²) in [5.41, 5.74) is 2.49. The van der Waals surface area contributed by atoms with Crippen molar-refractivity contribution in [1.82, 2.24) is 4.90 Å². The topological polar surface area (TPSA) is 84.0 Å². The molecule has 0 bridgehead atoms. The van der Waals surface area contributed by atoms with Gasteiger partial charge in [0.25, 0.3) is 0 Å². The number of likely N-dealkylation sites (tertiary alicyclic amines) is 1. The smallest absolute Gasteiger partial charge is 0.309 e. The van der Waals surface area contributed by atoms with Gasteiger partial charge in [0.2, 0.25) is 15.9 Å². The van der Waals surface area contributed by atoms with Crippen molar-refractivity contribution in [3.63, 3.8) is 0 Å². The number of rotatable bonds is 6. The zero-order valence-corrected chi connectivity index (χ0v) is 18.1. The molecule has 1 saturated heterocycles. The molecule has 1 heterocycles. The van der Waals surface area contributed by atoms with Crippen molar-refractivity contribution >= 4 is 27.6 Å². The van der Waals surface area contributed by atoms with Crippen molar-refractivity contribution in [2.45, 2.75) is 46.6 Å². The number of anilines is 1. The van der Waals surface area contributed by atoms with Crippen LogP contribution in [-0.4, -0.2) is 57.2 Å². The SMILES string of the molecule is CCOC(=O)C1CCN(C(=O)[C@@H](C)N(c2ccc(C)c(C)c2)S(C)(=O)=O)CC1. The zero-order valence-electron chi connectivity index (χ0n) is 17.3. The fraction of sp³-hybridized carbons (Fsp3) is 0.600. The van der Waals surface area contributed by atoms with E-state index < -0.39 is 16.1 Å². The molecule has 7 nitrogen and oxygen atoms in total. The van der Waals surface area contributed by atoms with Crippen molar-refractivity contribution < 1.29 is 22.7 Å².